The van der Waals surface area contributed by atoms with Gasteiger partial charge in [-0.05, 0) is 35.8 Å². The van der Waals surface area contributed by atoms with Gasteiger partial charge in [0.05, 0.1) is 6.42 Å². The molecular formula is C14H18ClNOS. The summed E-state index contributed by atoms with van der Waals surface area (Å²) in [6, 6.07) is 5.69. The summed E-state index contributed by atoms with van der Waals surface area (Å²) in [6.45, 7) is 2.91. The minimum atomic E-state index is 0.176. The summed E-state index contributed by atoms with van der Waals surface area (Å²) < 4.78 is 0. The van der Waals surface area contributed by atoms with Gasteiger partial charge in [0.25, 0.3) is 0 Å². The molecule has 1 heterocycles. The van der Waals surface area contributed by atoms with Crippen molar-refractivity contribution in [2.75, 3.05) is 17.2 Å². The molecule has 1 aromatic rings. The molecule has 0 saturated heterocycles. The summed E-state index contributed by atoms with van der Waals surface area (Å²) in [7, 11) is 0. The summed E-state index contributed by atoms with van der Waals surface area (Å²) in [5.74, 6) is 1.44. The minimum absolute atomic E-state index is 0.176. The number of thiol groups is 1. The molecule has 1 amide bonds. The summed E-state index contributed by atoms with van der Waals surface area (Å²) >= 11 is 10.4. The number of fused-ring (bicyclic) bond motifs is 1. The van der Waals surface area contributed by atoms with Crippen molar-refractivity contribution in [2.24, 2.45) is 5.92 Å². The van der Waals surface area contributed by atoms with Crippen LogP contribution in [0.4, 0.5) is 5.69 Å². The lowest BCUT2D eigenvalue weighted by molar-refractivity contribution is -0.117. The highest BCUT2D eigenvalue weighted by molar-refractivity contribution is 7.80. The molecule has 1 aliphatic heterocycles. The standard InChI is InChI=1S/C14H18ClNOS/c1-2-3-10(9-18)8-16-13-7-12(15)5-4-11(13)6-14(16)17/h4-5,7,10,18H,2-3,6,8-9H2,1H3. The molecule has 2 rings (SSSR count). The van der Waals surface area contributed by atoms with Crippen molar-refractivity contribution < 1.29 is 4.79 Å². The average Bonchev–Trinajstić information content (AvgIpc) is 2.65. The lowest BCUT2D eigenvalue weighted by Crippen LogP contribution is -2.33. The Hall–Kier alpha value is -0.670. The zero-order chi connectivity index (χ0) is 13.1. The zero-order valence-electron chi connectivity index (χ0n) is 10.5. The predicted molar refractivity (Wildman–Crippen MR) is 79.8 cm³/mol. The number of benzene rings is 1. The molecule has 2 nitrogen and oxygen atoms in total. The molecule has 1 aliphatic rings. The lowest BCUT2D eigenvalue weighted by atomic mass is 10.1. The number of carbonyl (C=O) groups is 1. The Balaban J connectivity index is 2.19. The molecule has 4 heteroatoms. The minimum Gasteiger partial charge on any atom is -0.311 e. The van der Waals surface area contributed by atoms with Gasteiger partial charge in [0.1, 0.15) is 0 Å². The van der Waals surface area contributed by atoms with Crippen LogP contribution in [0, 0.1) is 5.92 Å². The Morgan fingerprint density at radius 2 is 2.28 bits per heavy atom. The number of rotatable bonds is 5. The predicted octanol–water partition coefficient (Wildman–Crippen LogP) is 3.58. The van der Waals surface area contributed by atoms with Gasteiger partial charge in [0, 0.05) is 17.3 Å². The summed E-state index contributed by atoms with van der Waals surface area (Å²) in [5.41, 5.74) is 2.06. The van der Waals surface area contributed by atoms with Crippen LogP contribution in [0.1, 0.15) is 25.3 Å². The third-order valence-corrected chi connectivity index (χ3v) is 4.13. The molecule has 98 valence electrons. The second kappa shape index (κ2) is 5.98. The summed E-state index contributed by atoms with van der Waals surface area (Å²) in [4.78, 5) is 13.9. The third kappa shape index (κ3) is 2.83. The SMILES string of the molecule is CCCC(CS)CN1C(=O)Cc2ccc(Cl)cc21. The molecule has 0 N–H and O–H groups in total. The van der Waals surface area contributed by atoms with Crippen LogP contribution < -0.4 is 4.90 Å². The first kappa shape index (κ1) is 13.8. The molecule has 0 spiro atoms. The maximum absolute atomic E-state index is 12.1. The highest BCUT2D eigenvalue weighted by atomic mass is 35.5. The van der Waals surface area contributed by atoms with Crippen LogP contribution >= 0.6 is 24.2 Å². The van der Waals surface area contributed by atoms with Gasteiger partial charge in [0.2, 0.25) is 5.91 Å². The van der Waals surface area contributed by atoms with Crippen LogP contribution in [0.3, 0.4) is 0 Å². The Morgan fingerprint density at radius 1 is 1.50 bits per heavy atom. The third-order valence-electron chi connectivity index (χ3n) is 3.38. The van der Waals surface area contributed by atoms with Gasteiger partial charge in [-0.3, -0.25) is 4.79 Å². The maximum atomic E-state index is 12.1. The van der Waals surface area contributed by atoms with E-state index >= 15 is 0 Å². The van der Waals surface area contributed by atoms with E-state index in [2.05, 4.69) is 19.6 Å². The quantitative estimate of drug-likeness (QED) is 0.819. The monoisotopic (exact) mass is 283 g/mol. The zero-order valence-corrected chi connectivity index (χ0v) is 12.2. The first-order valence-electron chi connectivity index (χ1n) is 6.35. The lowest BCUT2D eigenvalue weighted by Gasteiger charge is -2.23. The van der Waals surface area contributed by atoms with Crippen molar-refractivity contribution >= 4 is 35.8 Å². The average molecular weight is 284 g/mol. The number of anilines is 1. The fraction of sp³-hybridized carbons (Fsp3) is 0.500. The van der Waals surface area contributed by atoms with E-state index in [9.17, 15) is 4.79 Å². The van der Waals surface area contributed by atoms with E-state index in [-0.39, 0.29) is 5.91 Å². The van der Waals surface area contributed by atoms with Crippen molar-refractivity contribution in [3.8, 4) is 0 Å². The Morgan fingerprint density at radius 3 is 2.94 bits per heavy atom. The van der Waals surface area contributed by atoms with Gasteiger partial charge < -0.3 is 4.90 Å². The van der Waals surface area contributed by atoms with Crippen molar-refractivity contribution in [3.05, 3.63) is 28.8 Å². The van der Waals surface area contributed by atoms with E-state index in [1.807, 2.05) is 23.1 Å². The molecule has 1 unspecified atom stereocenters. The Labute approximate surface area is 119 Å². The number of nitrogens with zero attached hydrogens (tertiary/aromatic N) is 1. The van der Waals surface area contributed by atoms with Crippen LogP contribution in [0.5, 0.6) is 0 Å². The summed E-state index contributed by atoms with van der Waals surface area (Å²) in [6.07, 6.45) is 2.72. The van der Waals surface area contributed by atoms with Crippen molar-refractivity contribution in [3.63, 3.8) is 0 Å². The number of halogens is 1. The van der Waals surface area contributed by atoms with Gasteiger partial charge >= 0.3 is 0 Å². The fourth-order valence-electron chi connectivity index (χ4n) is 2.44. The molecule has 0 bridgehead atoms. The maximum Gasteiger partial charge on any atom is 0.231 e. The van der Waals surface area contributed by atoms with E-state index in [0.717, 1.165) is 36.4 Å². The van der Waals surface area contributed by atoms with E-state index in [1.54, 1.807) is 0 Å². The van der Waals surface area contributed by atoms with Crippen molar-refractivity contribution in [1.82, 2.24) is 0 Å². The van der Waals surface area contributed by atoms with Gasteiger partial charge in [0.15, 0.2) is 0 Å². The molecule has 0 aliphatic carbocycles. The van der Waals surface area contributed by atoms with Gasteiger partial charge in [-0.25, -0.2) is 0 Å². The van der Waals surface area contributed by atoms with Crippen molar-refractivity contribution in [2.45, 2.75) is 26.2 Å². The largest absolute Gasteiger partial charge is 0.311 e. The molecule has 18 heavy (non-hydrogen) atoms. The number of hydrogen-bond donors (Lipinski definition) is 1. The van der Waals surface area contributed by atoms with Crippen LogP contribution in [-0.4, -0.2) is 18.2 Å². The molecular weight excluding hydrogens is 266 g/mol. The molecule has 1 aromatic carbocycles. The molecule has 0 aromatic heterocycles. The van der Waals surface area contributed by atoms with E-state index in [0.29, 0.717) is 17.4 Å². The Bertz CT molecular complexity index is 449. The van der Waals surface area contributed by atoms with Crippen LogP contribution in [0.2, 0.25) is 5.02 Å². The first-order valence-corrected chi connectivity index (χ1v) is 7.36. The summed E-state index contributed by atoms with van der Waals surface area (Å²) in [5, 5.41) is 0.686. The highest BCUT2D eigenvalue weighted by Crippen LogP contribution is 2.32. The molecule has 0 fully saturated rings. The van der Waals surface area contributed by atoms with E-state index in [4.69, 9.17) is 11.6 Å². The van der Waals surface area contributed by atoms with Crippen LogP contribution in [0.25, 0.3) is 0 Å². The smallest absolute Gasteiger partial charge is 0.231 e. The normalized spacial score (nSPS) is 15.9. The second-order valence-corrected chi connectivity index (χ2v) is 5.59. The number of amides is 1. The van der Waals surface area contributed by atoms with Crippen LogP contribution in [-0.2, 0) is 11.2 Å². The van der Waals surface area contributed by atoms with Crippen molar-refractivity contribution in [1.29, 1.82) is 0 Å². The van der Waals surface area contributed by atoms with Gasteiger partial charge in [-0.2, -0.15) is 12.6 Å². The molecule has 0 saturated carbocycles. The van der Waals surface area contributed by atoms with Crippen LogP contribution in [0.15, 0.2) is 18.2 Å². The van der Waals surface area contributed by atoms with Gasteiger partial charge in [-0.15, -0.1) is 0 Å². The highest BCUT2D eigenvalue weighted by Gasteiger charge is 2.28. The molecule has 1 atom stereocenters. The van der Waals surface area contributed by atoms with E-state index in [1.165, 1.54) is 0 Å². The van der Waals surface area contributed by atoms with E-state index < -0.39 is 0 Å². The first-order chi connectivity index (χ1) is 8.65. The Kier molecular flexibility index (Phi) is 4.57. The van der Waals surface area contributed by atoms with Gasteiger partial charge in [-0.1, -0.05) is 31.0 Å². The topological polar surface area (TPSA) is 20.3 Å². The number of carbonyl (C=O) groups excluding carboxylic acids is 1. The molecule has 0 radical (unpaired) electrons. The fourth-order valence-corrected chi connectivity index (χ4v) is 2.90. The second-order valence-electron chi connectivity index (χ2n) is 4.79. The number of hydrogen-bond acceptors (Lipinski definition) is 2.